The van der Waals surface area contributed by atoms with Gasteiger partial charge in [-0.1, -0.05) is 11.6 Å². The van der Waals surface area contributed by atoms with Crippen molar-refractivity contribution in [2.24, 2.45) is 0 Å². The molecule has 1 aliphatic rings. The minimum Gasteiger partial charge on any atom is -0.491 e. The first-order valence-electron chi connectivity index (χ1n) is 7.77. The molecule has 5 heteroatoms. The average molecular weight is 328 g/mol. The summed E-state index contributed by atoms with van der Waals surface area (Å²) in [5, 5.41) is 10.6. The highest BCUT2D eigenvalue weighted by Gasteiger charge is 2.19. The zero-order chi connectivity index (χ0) is 16.2. The number of aliphatic hydroxyl groups is 1. The van der Waals surface area contributed by atoms with Crippen LogP contribution < -0.4 is 4.74 Å². The van der Waals surface area contributed by atoms with Crippen molar-refractivity contribution in [1.82, 2.24) is 4.90 Å². The van der Waals surface area contributed by atoms with Crippen LogP contribution in [-0.2, 0) is 11.3 Å². The lowest BCUT2D eigenvalue weighted by Gasteiger charge is -2.26. The van der Waals surface area contributed by atoms with E-state index in [9.17, 15) is 5.11 Å². The first-order valence-corrected chi connectivity index (χ1v) is 8.15. The molecule has 1 N–H and O–H groups in total. The summed E-state index contributed by atoms with van der Waals surface area (Å²) < 4.78 is 11.5. The molecule has 0 bridgehead atoms. The normalized spacial score (nSPS) is 18.9. The standard InChI is InChI=1S/C17H26ClNO3/c1-17(2,20)12-19(3)10-13-9-14(18)6-7-16(13)22-11-15-5-4-8-21-15/h6-7,9,15,20H,4-5,8,10-12H2,1-3H3. The van der Waals surface area contributed by atoms with Crippen LogP contribution in [0.15, 0.2) is 18.2 Å². The summed E-state index contributed by atoms with van der Waals surface area (Å²) in [6.07, 6.45) is 2.36. The van der Waals surface area contributed by atoms with Crippen LogP contribution in [0.4, 0.5) is 0 Å². The van der Waals surface area contributed by atoms with Crippen LogP contribution in [0.2, 0.25) is 5.02 Å². The number of hydrogen-bond donors (Lipinski definition) is 1. The Hall–Kier alpha value is -0.810. The molecule has 2 rings (SSSR count). The van der Waals surface area contributed by atoms with Crippen molar-refractivity contribution in [3.63, 3.8) is 0 Å². The molecule has 0 amide bonds. The zero-order valence-electron chi connectivity index (χ0n) is 13.6. The highest BCUT2D eigenvalue weighted by Crippen LogP contribution is 2.25. The molecule has 0 radical (unpaired) electrons. The molecule has 1 atom stereocenters. The quantitative estimate of drug-likeness (QED) is 0.835. The van der Waals surface area contributed by atoms with Crippen molar-refractivity contribution < 1.29 is 14.6 Å². The van der Waals surface area contributed by atoms with Gasteiger partial charge in [0, 0.05) is 30.3 Å². The summed E-state index contributed by atoms with van der Waals surface area (Å²) in [6, 6.07) is 5.67. The Morgan fingerprint density at radius 1 is 1.45 bits per heavy atom. The molecule has 4 nitrogen and oxygen atoms in total. The molecule has 1 unspecified atom stereocenters. The van der Waals surface area contributed by atoms with Crippen molar-refractivity contribution in [3.8, 4) is 5.75 Å². The number of ether oxygens (including phenoxy) is 2. The van der Waals surface area contributed by atoms with Gasteiger partial charge >= 0.3 is 0 Å². The number of hydrogen-bond acceptors (Lipinski definition) is 4. The Bertz CT molecular complexity index is 481. The van der Waals surface area contributed by atoms with E-state index in [1.54, 1.807) is 13.8 Å². The highest BCUT2D eigenvalue weighted by molar-refractivity contribution is 6.30. The molecule has 1 aliphatic heterocycles. The molecule has 22 heavy (non-hydrogen) atoms. The summed E-state index contributed by atoms with van der Waals surface area (Å²) in [5.41, 5.74) is 0.295. The molecule has 0 spiro atoms. The van der Waals surface area contributed by atoms with Crippen molar-refractivity contribution >= 4 is 11.6 Å². The predicted octanol–water partition coefficient (Wildman–Crippen LogP) is 3.10. The third-order valence-electron chi connectivity index (χ3n) is 3.57. The molecule has 1 aromatic rings. The fourth-order valence-corrected chi connectivity index (χ4v) is 2.97. The number of nitrogens with zero attached hydrogens (tertiary/aromatic N) is 1. The summed E-state index contributed by atoms with van der Waals surface area (Å²) in [7, 11) is 1.97. The average Bonchev–Trinajstić information content (AvgIpc) is 2.88. The second kappa shape index (κ2) is 7.64. The number of rotatable bonds is 7. The SMILES string of the molecule is CN(Cc1cc(Cl)ccc1OCC1CCCO1)CC(C)(C)O. The van der Waals surface area contributed by atoms with Crippen LogP contribution in [0.25, 0.3) is 0 Å². The maximum Gasteiger partial charge on any atom is 0.124 e. The van der Waals surface area contributed by atoms with Gasteiger partial charge in [0.1, 0.15) is 12.4 Å². The topological polar surface area (TPSA) is 41.9 Å². The molecule has 1 aromatic carbocycles. The van der Waals surface area contributed by atoms with Crippen molar-refractivity contribution in [3.05, 3.63) is 28.8 Å². The lowest BCUT2D eigenvalue weighted by Crippen LogP contribution is -2.35. The van der Waals surface area contributed by atoms with Gasteiger partial charge in [0.05, 0.1) is 11.7 Å². The first kappa shape index (κ1) is 17.5. The van der Waals surface area contributed by atoms with Crippen LogP contribution in [0.1, 0.15) is 32.3 Å². The van der Waals surface area contributed by atoms with E-state index in [-0.39, 0.29) is 6.10 Å². The van der Waals surface area contributed by atoms with Crippen LogP contribution in [0, 0.1) is 0 Å². The minimum absolute atomic E-state index is 0.192. The molecular formula is C17H26ClNO3. The smallest absolute Gasteiger partial charge is 0.124 e. The van der Waals surface area contributed by atoms with Gasteiger partial charge in [-0.25, -0.2) is 0 Å². The number of likely N-dealkylation sites (N-methyl/N-ethyl adjacent to an activating group) is 1. The Morgan fingerprint density at radius 2 is 2.23 bits per heavy atom. The molecule has 1 fully saturated rings. The zero-order valence-corrected chi connectivity index (χ0v) is 14.4. The Labute approximate surface area is 138 Å². The fraction of sp³-hybridized carbons (Fsp3) is 0.647. The third kappa shape index (κ3) is 5.76. The van der Waals surface area contributed by atoms with Crippen LogP contribution in [0.5, 0.6) is 5.75 Å². The van der Waals surface area contributed by atoms with Gasteiger partial charge in [0.15, 0.2) is 0 Å². The van der Waals surface area contributed by atoms with Gasteiger partial charge in [0.25, 0.3) is 0 Å². The highest BCUT2D eigenvalue weighted by atomic mass is 35.5. The lowest BCUT2D eigenvalue weighted by atomic mass is 10.1. The van der Waals surface area contributed by atoms with E-state index in [0.717, 1.165) is 30.8 Å². The Balaban J connectivity index is 2.00. The minimum atomic E-state index is -0.730. The van der Waals surface area contributed by atoms with E-state index in [0.29, 0.717) is 24.7 Å². The summed E-state index contributed by atoms with van der Waals surface area (Å²) >= 11 is 6.11. The molecule has 1 saturated heterocycles. The Kier molecular flexibility index (Phi) is 6.09. The van der Waals surface area contributed by atoms with Gasteiger partial charge in [-0.15, -0.1) is 0 Å². The molecule has 0 aliphatic carbocycles. The second-order valence-electron chi connectivity index (χ2n) is 6.68. The Morgan fingerprint density at radius 3 is 2.86 bits per heavy atom. The van der Waals surface area contributed by atoms with E-state index < -0.39 is 5.60 Å². The largest absolute Gasteiger partial charge is 0.491 e. The van der Waals surface area contributed by atoms with Crippen molar-refractivity contribution in [1.29, 1.82) is 0 Å². The van der Waals surface area contributed by atoms with Gasteiger partial charge in [-0.05, 0) is 51.9 Å². The van der Waals surface area contributed by atoms with E-state index in [1.165, 1.54) is 0 Å². The monoisotopic (exact) mass is 327 g/mol. The van der Waals surface area contributed by atoms with E-state index in [4.69, 9.17) is 21.1 Å². The first-order chi connectivity index (χ1) is 10.3. The summed E-state index contributed by atoms with van der Waals surface area (Å²) in [6.45, 7) is 6.25. The number of benzene rings is 1. The van der Waals surface area contributed by atoms with Crippen LogP contribution >= 0.6 is 11.6 Å². The van der Waals surface area contributed by atoms with Crippen molar-refractivity contribution in [2.45, 2.75) is 44.9 Å². The third-order valence-corrected chi connectivity index (χ3v) is 3.80. The summed E-state index contributed by atoms with van der Waals surface area (Å²) in [4.78, 5) is 2.06. The van der Waals surface area contributed by atoms with Crippen molar-refractivity contribution in [2.75, 3.05) is 26.8 Å². The fourth-order valence-electron chi connectivity index (χ4n) is 2.78. The molecule has 0 aromatic heterocycles. The molecule has 124 valence electrons. The van der Waals surface area contributed by atoms with E-state index in [1.807, 2.05) is 25.2 Å². The van der Waals surface area contributed by atoms with Gasteiger partial charge in [-0.3, -0.25) is 4.90 Å². The van der Waals surface area contributed by atoms with Gasteiger partial charge in [-0.2, -0.15) is 0 Å². The molecule has 0 saturated carbocycles. The second-order valence-corrected chi connectivity index (χ2v) is 7.12. The van der Waals surface area contributed by atoms with E-state index in [2.05, 4.69) is 4.90 Å². The van der Waals surface area contributed by atoms with Gasteiger partial charge < -0.3 is 14.6 Å². The molecular weight excluding hydrogens is 302 g/mol. The van der Waals surface area contributed by atoms with Crippen LogP contribution in [0.3, 0.4) is 0 Å². The summed E-state index contributed by atoms with van der Waals surface area (Å²) in [5.74, 6) is 0.836. The van der Waals surface area contributed by atoms with Gasteiger partial charge in [0.2, 0.25) is 0 Å². The maximum absolute atomic E-state index is 9.92. The lowest BCUT2D eigenvalue weighted by molar-refractivity contribution is 0.0417. The predicted molar refractivity (Wildman–Crippen MR) is 88.6 cm³/mol. The maximum atomic E-state index is 9.92. The molecule has 1 heterocycles. The van der Waals surface area contributed by atoms with E-state index >= 15 is 0 Å². The van der Waals surface area contributed by atoms with Crippen LogP contribution in [-0.4, -0.2) is 48.5 Å². The number of halogens is 1.